The number of carbonyl (C=O) groups is 1. The van der Waals surface area contributed by atoms with Crippen LogP contribution in [0.2, 0.25) is 5.02 Å². The van der Waals surface area contributed by atoms with E-state index < -0.39 is 5.97 Å². The van der Waals surface area contributed by atoms with E-state index in [4.69, 9.17) is 21.4 Å². The van der Waals surface area contributed by atoms with Crippen LogP contribution in [0.5, 0.6) is 0 Å². The van der Waals surface area contributed by atoms with Gasteiger partial charge in [0.1, 0.15) is 5.82 Å². The summed E-state index contributed by atoms with van der Waals surface area (Å²) in [4.78, 5) is 16.8. The Morgan fingerprint density at radius 1 is 1.65 bits per heavy atom. The topological polar surface area (TPSA) is 62.7 Å². The molecule has 1 N–H and O–H groups in total. The minimum absolute atomic E-state index is 0.0555. The zero-order valence-corrected chi connectivity index (χ0v) is 10.6. The van der Waals surface area contributed by atoms with Gasteiger partial charge in [-0.25, -0.2) is 9.78 Å². The van der Waals surface area contributed by atoms with Crippen molar-refractivity contribution in [2.75, 3.05) is 31.7 Å². The number of likely N-dealkylation sites (N-methyl/N-ethyl adjacent to an activating group) is 1. The van der Waals surface area contributed by atoms with Gasteiger partial charge in [-0.15, -0.1) is 0 Å². The van der Waals surface area contributed by atoms with Crippen molar-refractivity contribution < 1.29 is 14.6 Å². The summed E-state index contributed by atoms with van der Waals surface area (Å²) in [7, 11) is 1.82. The molecule has 0 aliphatic rings. The summed E-state index contributed by atoms with van der Waals surface area (Å²) < 4.78 is 5.22. The Kier molecular flexibility index (Phi) is 5.18. The molecule has 0 saturated heterocycles. The van der Waals surface area contributed by atoms with Crippen molar-refractivity contribution in [3.05, 3.63) is 22.8 Å². The molecule has 94 valence electrons. The predicted octanol–water partition coefficient (Wildman–Crippen LogP) is 1.91. The molecule has 0 fully saturated rings. The molecular weight excluding hydrogens is 244 g/mol. The third kappa shape index (κ3) is 3.87. The van der Waals surface area contributed by atoms with Gasteiger partial charge >= 0.3 is 5.97 Å². The second-order valence-electron chi connectivity index (χ2n) is 3.45. The maximum atomic E-state index is 10.9. The SMILES string of the molecule is CCOCCN(C)c1cc(C(=O)O)c(Cl)cn1. The van der Waals surface area contributed by atoms with Gasteiger partial charge in [-0.05, 0) is 13.0 Å². The van der Waals surface area contributed by atoms with Gasteiger partial charge in [0.25, 0.3) is 0 Å². The summed E-state index contributed by atoms with van der Waals surface area (Å²) >= 11 is 5.74. The van der Waals surface area contributed by atoms with E-state index >= 15 is 0 Å². The van der Waals surface area contributed by atoms with Crippen molar-refractivity contribution in [2.24, 2.45) is 0 Å². The summed E-state index contributed by atoms with van der Waals surface area (Å²) in [5, 5.41) is 9.07. The Labute approximate surface area is 105 Å². The number of anilines is 1. The Morgan fingerprint density at radius 3 is 2.94 bits per heavy atom. The number of aromatic nitrogens is 1. The number of pyridine rings is 1. The highest BCUT2D eigenvalue weighted by molar-refractivity contribution is 6.33. The van der Waals surface area contributed by atoms with Crippen molar-refractivity contribution >= 4 is 23.4 Å². The van der Waals surface area contributed by atoms with Crippen LogP contribution in [-0.2, 0) is 4.74 Å². The van der Waals surface area contributed by atoms with Gasteiger partial charge < -0.3 is 14.7 Å². The Morgan fingerprint density at radius 2 is 2.35 bits per heavy atom. The quantitative estimate of drug-likeness (QED) is 0.790. The molecule has 0 saturated carbocycles. The number of hydrogen-bond donors (Lipinski definition) is 1. The summed E-state index contributed by atoms with van der Waals surface area (Å²) in [6, 6.07) is 1.45. The van der Waals surface area contributed by atoms with E-state index in [2.05, 4.69) is 4.98 Å². The van der Waals surface area contributed by atoms with E-state index in [1.165, 1.54) is 12.3 Å². The van der Waals surface area contributed by atoms with E-state index in [1.54, 1.807) is 0 Å². The second kappa shape index (κ2) is 6.42. The number of aromatic carboxylic acids is 1. The second-order valence-corrected chi connectivity index (χ2v) is 3.85. The molecular formula is C11H15ClN2O3. The van der Waals surface area contributed by atoms with E-state index in [0.29, 0.717) is 25.6 Å². The molecule has 6 heteroatoms. The average Bonchev–Trinajstić information content (AvgIpc) is 2.29. The summed E-state index contributed by atoms with van der Waals surface area (Å²) in [5.41, 5.74) is 0.0555. The highest BCUT2D eigenvalue weighted by Crippen LogP contribution is 2.19. The monoisotopic (exact) mass is 258 g/mol. The number of carboxylic acids is 1. The van der Waals surface area contributed by atoms with Gasteiger partial charge in [0.15, 0.2) is 0 Å². The minimum atomic E-state index is -1.06. The molecule has 0 aromatic carbocycles. The van der Waals surface area contributed by atoms with Crippen molar-refractivity contribution in [3.8, 4) is 0 Å². The molecule has 1 rings (SSSR count). The molecule has 0 aliphatic carbocycles. The number of rotatable bonds is 6. The van der Waals surface area contributed by atoms with Crippen LogP contribution in [0.25, 0.3) is 0 Å². The number of ether oxygens (including phenoxy) is 1. The zero-order valence-electron chi connectivity index (χ0n) is 9.81. The molecule has 0 bridgehead atoms. The average molecular weight is 259 g/mol. The van der Waals surface area contributed by atoms with Gasteiger partial charge in [0.05, 0.1) is 17.2 Å². The van der Waals surface area contributed by atoms with Crippen LogP contribution in [0.15, 0.2) is 12.3 Å². The first-order valence-electron chi connectivity index (χ1n) is 5.24. The minimum Gasteiger partial charge on any atom is -0.478 e. The van der Waals surface area contributed by atoms with E-state index in [1.807, 2.05) is 18.9 Å². The molecule has 1 heterocycles. The largest absolute Gasteiger partial charge is 0.478 e. The van der Waals surface area contributed by atoms with Gasteiger partial charge in [-0.1, -0.05) is 11.6 Å². The van der Waals surface area contributed by atoms with Gasteiger partial charge in [-0.3, -0.25) is 0 Å². The first-order chi connectivity index (χ1) is 8.06. The lowest BCUT2D eigenvalue weighted by atomic mass is 10.2. The van der Waals surface area contributed by atoms with Crippen LogP contribution < -0.4 is 4.90 Å². The highest BCUT2D eigenvalue weighted by Gasteiger charge is 2.12. The maximum Gasteiger partial charge on any atom is 0.337 e. The fraction of sp³-hybridized carbons (Fsp3) is 0.455. The van der Waals surface area contributed by atoms with Crippen LogP contribution in [0.1, 0.15) is 17.3 Å². The molecule has 0 spiro atoms. The van der Waals surface area contributed by atoms with Crippen molar-refractivity contribution in [3.63, 3.8) is 0 Å². The Hall–Kier alpha value is -1.33. The number of hydrogen-bond acceptors (Lipinski definition) is 4. The molecule has 0 atom stereocenters. The van der Waals surface area contributed by atoms with E-state index in [0.717, 1.165) is 0 Å². The third-order valence-corrected chi connectivity index (χ3v) is 2.54. The molecule has 1 aromatic heterocycles. The molecule has 0 amide bonds. The standard InChI is InChI=1S/C11H15ClN2O3/c1-3-17-5-4-14(2)10-6-8(11(15)16)9(12)7-13-10/h6-7H,3-5H2,1-2H3,(H,15,16). The van der Waals surface area contributed by atoms with Crippen LogP contribution in [0.3, 0.4) is 0 Å². The van der Waals surface area contributed by atoms with Crippen molar-refractivity contribution in [1.29, 1.82) is 0 Å². The van der Waals surface area contributed by atoms with Gasteiger partial charge in [0, 0.05) is 26.4 Å². The predicted molar refractivity (Wildman–Crippen MR) is 66.0 cm³/mol. The highest BCUT2D eigenvalue weighted by atomic mass is 35.5. The summed E-state index contributed by atoms with van der Waals surface area (Å²) in [6.07, 6.45) is 1.34. The molecule has 17 heavy (non-hydrogen) atoms. The molecule has 0 unspecified atom stereocenters. The maximum absolute atomic E-state index is 10.9. The van der Waals surface area contributed by atoms with Crippen LogP contribution in [0.4, 0.5) is 5.82 Å². The van der Waals surface area contributed by atoms with E-state index in [-0.39, 0.29) is 10.6 Å². The molecule has 1 aromatic rings. The lowest BCUT2D eigenvalue weighted by Crippen LogP contribution is -2.23. The third-order valence-electron chi connectivity index (χ3n) is 2.24. The number of nitrogens with zero attached hydrogens (tertiary/aromatic N) is 2. The summed E-state index contributed by atoms with van der Waals surface area (Å²) in [6.45, 7) is 3.78. The first kappa shape index (κ1) is 13.7. The summed E-state index contributed by atoms with van der Waals surface area (Å²) in [5.74, 6) is -0.497. The number of halogens is 1. The van der Waals surface area contributed by atoms with Crippen LogP contribution >= 0.6 is 11.6 Å². The Bertz CT molecular complexity index is 398. The fourth-order valence-electron chi connectivity index (χ4n) is 1.26. The Balaban J connectivity index is 2.77. The smallest absolute Gasteiger partial charge is 0.337 e. The van der Waals surface area contributed by atoms with Gasteiger partial charge in [0.2, 0.25) is 0 Å². The van der Waals surface area contributed by atoms with Crippen molar-refractivity contribution in [1.82, 2.24) is 4.98 Å². The van der Waals surface area contributed by atoms with E-state index in [9.17, 15) is 4.79 Å². The van der Waals surface area contributed by atoms with Gasteiger partial charge in [-0.2, -0.15) is 0 Å². The normalized spacial score (nSPS) is 10.3. The lowest BCUT2D eigenvalue weighted by Gasteiger charge is -2.18. The molecule has 5 nitrogen and oxygen atoms in total. The number of carboxylic acid groups (broad SMARTS) is 1. The molecule has 0 radical (unpaired) electrons. The fourth-order valence-corrected chi connectivity index (χ4v) is 1.44. The lowest BCUT2D eigenvalue weighted by molar-refractivity contribution is 0.0697. The van der Waals surface area contributed by atoms with Crippen LogP contribution in [-0.4, -0.2) is 42.9 Å². The zero-order chi connectivity index (χ0) is 12.8. The first-order valence-corrected chi connectivity index (χ1v) is 5.61. The molecule has 0 aliphatic heterocycles. The van der Waals surface area contributed by atoms with Crippen LogP contribution in [0, 0.1) is 0 Å². The van der Waals surface area contributed by atoms with Crippen molar-refractivity contribution in [2.45, 2.75) is 6.92 Å².